The number of nitrogens with zero attached hydrogens (tertiary/aromatic N) is 2. The molecule has 3 N–H and O–H groups in total. The second-order valence-electron chi connectivity index (χ2n) is 6.21. The van der Waals surface area contributed by atoms with E-state index in [1.165, 1.54) is 31.2 Å². The van der Waals surface area contributed by atoms with Gasteiger partial charge in [-0.2, -0.15) is 0 Å². The lowest BCUT2D eigenvalue weighted by Gasteiger charge is -2.28. The molecule has 2 aliphatic carbocycles. The molecule has 0 spiro atoms. The molecule has 114 valence electrons. The van der Waals surface area contributed by atoms with E-state index in [9.17, 15) is 4.79 Å². The van der Waals surface area contributed by atoms with Crippen LogP contribution in [0.4, 0.5) is 5.82 Å². The van der Waals surface area contributed by atoms with Crippen molar-refractivity contribution in [2.45, 2.75) is 57.2 Å². The van der Waals surface area contributed by atoms with Gasteiger partial charge in [-0.05, 0) is 37.3 Å². The van der Waals surface area contributed by atoms with Gasteiger partial charge >= 0.3 is 0 Å². The van der Waals surface area contributed by atoms with Gasteiger partial charge in [0.05, 0.1) is 6.54 Å². The number of primary amides is 1. The van der Waals surface area contributed by atoms with Gasteiger partial charge in [0.25, 0.3) is 0 Å². The van der Waals surface area contributed by atoms with Gasteiger partial charge in [-0.25, -0.2) is 4.98 Å². The Bertz CT molecular complexity index is 478. The molecule has 0 aliphatic heterocycles. The lowest BCUT2D eigenvalue weighted by atomic mass is 10.2. The first-order valence-corrected chi connectivity index (χ1v) is 7.95. The molecule has 2 fully saturated rings. The fourth-order valence-electron chi connectivity index (χ4n) is 3.02. The summed E-state index contributed by atoms with van der Waals surface area (Å²) in [5.74, 6) is 0.582. The maximum atomic E-state index is 11.3. The van der Waals surface area contributed by atoms with Gasteiger partial charge in [0.1, 0.15) is 5.82 Å². The normalized spacial score (nSPS) is 18.9. The van der Waals surface area contributed by atoms with Gasteiger partial charge in [0.2, 0.25) is 5.91 Å². The molecule has 2 aliphatic rings. The molecular weight excluding hydrogens is 264 g/mol. The zero-order valence-corrected chi connectivity index (χ0v) is 12.4. The Hall–Kier alpha value is -1.62. The molecular formula is C16H24N4O. The van der Waals surface area contributed by atoms with E-state index in [1.54, 1.807) is 0 Å². The van der Waals surface area contributed by atoms with Gasteiger partial charge in [-0.15, -0.1) is 0 Å². The molecule has 5 nitrogen and oxygen atoms in total. The van der Waals surface area contributed by atoms with Crippen LogP contribution in [0.25, 0.3) is 0 Å². The van der Waals surface area contributed by atoms with E-state index < -0.39 is 0 Å². The highest BCUT2D eigenvalue weighted by Gasteiger charge is 2.25. The molecule has 5 heteroatoms. The maximum Gasteiger partial charge on any atom is 0.237 e. The Balaban J connectivity index is 1.66. The summed E-state index contributed by atoms with van der Waals surface area (Å²) in [7, 11) is 0. The summed E-state index contributed by atoms with van der Waals surface area (Å²) in [5.41, 5.74) is 6.59. The van der Waals surface area contributed by atoms with Crippen LogP contribution in [0, 0.1) is 0 Å². The predicted octanol–water partition coefficient (Wildman–Crippen LogP) is 1.57. The molecule has 2 saturated carbocycles. The topological polar surface area (TPSA) is 71.2 Å². The predicted molar refractivity (Wildman–Crippen MR) is 82.9 cm³/mol. The van der Waals surface area contributed by atoms with Crippen LogP contribution in [0.3, 0.4) is 0 Å². The highest BCUT2D eigenvalue weighted by atomic mass is 16.1. The average Bonchev–Trinajstić information content (AvgIpc) is 3.15. The molecule has 1 heterocycles. The zero-order valence-electron chi connectivity index (χ0n) is 12.4. The summed E-state index contributed by atoms with van der Waals surface area (Å²) in [4.78, 5) is 18.0. The second-order valence-corrected chi connectivity index (χ2v) is 6.21. The summed E-state index contributed by atoms with van der Waals surface area (Å²) in [6.45, 7) is 1.13. The second kappa shape index (κ2) is 6.43. The summed E-state index contributed by atoms with van der Waals surface area (Å²) in [5, 5.41) is 3.48. The number of carbonyl (C=O) groups is 1. The Labute approximate surface area is 125 Å². The van der Waals surface area contributed by atoms with Crippen LogP contribution in [0.15, 0.2) is 18.3 Å². The van der Waals surface area contributed by atoms with Gasteiger partial charge < -0.3 is 16.0 Å². The van der Waals surface area contributed by atoms with Crippen molar-refractivity contribution < 1.29 is 4.79 Å². The standard InChI is InChI=1S/C16H24N4O/c17-15(21)11-20(14-3-1-2-4-14)16-8-5-12(10-19-16)9-18-13-6-7-13/h5,8,10,13-14,18H,1-4,6-7,9,11H2,(H2,17,21). The third kappa shape index (κ3) is 3.94. The van der Waals surface area contributed by atoms with Crippen LogP contribution in [0.2, 0.25) is 0 Å². The van der Waals surface area contributed by atoms with E-state index in [0.717, 1.165) is 25.2 Å². The van der Waals surface area contributed by atoms with Crippen molar-refractivity contribution in [1.82, 2.24) is 10.3 Å². The minimum atomic E-state index is -0.289. The lowest BCUT2D eigenvalue weighted by Crippen LogP contribution is -2.40. The van der Waals surface area contributed by atoms with E-state index in [4.69, 9.17) is 5.73 Å². The van der Waals surface area contributed by atoms with Crippen molar-refractivity contribution in [3.05, 3.63) is 23.9 Å². The van der Waals surface area contributed by atoms with Crippen LogP contribution in [-0.2, 0) is 11.3 Å². The van der Waals surface area contributed by atoms with Crippen LogP contribution < -0.4 is 16.0 Å². The Kier molecular flexibility index (Phi) is 4.39. The first-order valence-electron chi connectivity index (χ1n) is 7.95. The molecule has 1 aromatic rings. The summed E-state index contributed by atoms with van der Waals surface area (Å²) >= 11 is 0. The Morgan fingerprint density at radius 2 is 2.05 bits per heavy atom. The van der Waals surface area contributed by atoms with Crippen molar-refractivity contribution in [1.29, 1.82) is 0 Å². The zero-order chi connectivity index (χ0) is 14.7. The fourth-order valence-corrected chi connectivity index (χ4v) is 3.02. The fraction of sp³-hybridized carbons (Fsp3) is 0.625. The molecule has 0 unspecified atom stereocenters. The van der Waals surface area contributed by atoms with Gasteiger partial charge in [0.15, 0.2) is 0 Å². The third-order valence-corrected chi connectivity index (χ3v) is 4.37. The van der Waals surface area contributed by atoms with E-state index in [2.05, 4.69) is 21.3 Å². The Morgan fingerprint density at radius 1 is 1.29 bits per heavy atom. The van der Waals surface area contributed by atoms with E-state index in [1.807, 2.05) is 12.3 Å². The smallest absolute Gasteiger partial charge is 0.237 e. The lowest BCUT2D eigenvalue weighted by molar-refractivity contribution is -0.116. The van der Waals surface area contributed by atoms with Gasteiger partial charge in [-0.3, -0.25) is 4.79 Å². The van der Waals surface area contributed by atoms with Crippen molar-refractivity contribution in [3.63, 3.8) is 0 Å². The quantitative estimate of drug-likeness (QED) is 0.799. The average molecular weight is 288 g/mol. The largest absolute Gasteiger partial charge is 0.368 e. The SMILES string of the molecule is NC(=O)CN(c1ccc(CNC2CC2)cn1)C1CCCC1. The summed E-state index contributed by atoms with van der Waals surface area (Å²) < 4.78 is 0. The molecule has 0 aromatic carbocycles. The molecule has 3 rings (SSSR count). The molecule has 0 atom stereocenters. The molecule has 1 amide bonds. The van der Waals surface area contributed by atoms with E-state index in [0.29, 0.717) is 12.1 Å². The number of amides is 1. The van der Waals surface area contributed by atoms with E-state index >= 15 is 0 Å². The molecule has 0 radical (unpaired) electrons. The number of nitrogens with two attached hydrogens (primary N) is 1. The number of aromatic nitrogens is 1. The van der Waals surface area contributed by atoms with Crippen molar-refractivity contribution >= 4 is 11.7 Å². The van der Waals surface area contributed by atoms with Crippen LogP contribution in [0.5, 0.6) is 0 Å². The van der Waals surface area contributed by atoms with Crippen molar-refractivity contribution in [2.75, 3.05) is 11.4 Å². The van der Waals surface area contributed by atoms with Crippen LogP contribution in [-0.4, -0.2) is 29.5 Å². The molecule has 21 heavy (non-hydrogen) atoms. The Morgan fingerprint density at radius 3 is 2.62 bits per heavy atom. The number of rotatable bonds is 7. The third-order valence-electron chi connectivity index (χ3n) is 4.37. The molecule has 0 saturated heterocycles. The van der Waals surface area contributed by atoms with Crippen molar-refractivity contribution in [3.8, 4) is 0 Å². The van der Waals surface area contributed by atoms with Gasteiger partial charge in [0, 0.05) is 24.8 Å². The number of hydrogen-bond donors (Lipinski definition) is 2. The maximum absolute atomic E-state index is 11.3. The minimum Gasteiger partial charge on any atom is -0.368 e. The monoisotopic (exact) mass is 288 g/mol. The number of hydrogen-bond acceptors (Lipinski definition) is 4. The highest BCUT2D eigenvalue weighted by molar-refractivity contribution is 5.79. The number of nitrogens with one attached hydrogen (secondary N) is 1. The van der Waals surface area contributed by atoms with Crippen LogP contribution in [0.1, 0.15) is 44.1 Å². The number of pyridine rings is 1. The van der Waals surface area contributed by atoms with Gasteiger partial charge in [-0.1, -0.05) is 18.9 Å². The van der Waals surface area contributed by atoms with Crippen molar-refractivity contribution in [2.24, 2.45) is 5.73 Å². The molecule has 0 bridgehead atoms. The first kappa shape index (κ1) is 14.3. The summed E-state index contributed by atoms with van der Waals surface area (Å²) in [6, 6.07) is 5.22. The summed E-state index contributed by atoms with van der Waals surface area (Å²) in [6.07, 6.45) is 9.19. The number of anilines is 1. The first-order chi connectivity index (χ1) is 10.2. The highest BCUT2D eigenvalue weighted by Crippen LogP contribution is 2.27. The van der Waals surface area contributed by atoms with E-state index in [-0.39, 0.29) is 12.5 Å². The van der Waals surface area contributed by atoms with Crippen LogP contribution >= 0.6 is 0 Å². The molecule has 1 aromatic heterocycles. The minimum absolute atomic E-state index is 0.261. The number of carbonyl (C=O) groups excluding carboxylic acids is 1.